The van der Waals surface area contributed by atoms with Gasteiger partial charge in [-0.1, -0.05) is 36.8 Å². The summed E-state index contributed by atoms with van der Waals surface area (Å²) in [7, 11) is 1.78. The highest BCUT2D eigenvalue weighted by Gasteiger charge is 2.33. The summed E-state index contributed by atoms with van der Waals surface area (Å²) in [6.07, 6.45) is 6.26. The second kappa shape index (κ2) is 7.35. The van der Waals surface area contributed by atoms with Gasteiger partial charge in [0.25, 0.3) is 0 Å². The van der Waals surface area contributed by atoms with Crippen LogP contribution in [0.5, 0.6) is 0 Å². The number of carbonyl (C=O) groups is 1. The third-order valence-electron chi connectivity index (χ3n) is 5.28. The first-order chi connectivity index (χ1) is 11.1. The van der Waals surface area contributed by atoms with Crippen molar-refractivity contribution in [2.75, 3.05) is 13.6 Å². The average molecular weight is 316 g/mol. The molecule has 2 fully saturated rings. The third kappa shape index (κ3) is 4.47. The number of aliphatic hydroxyl groups is 1. The van der Waals surface area contributed by atoms with Gasteiger partial charge in [0.2, 0.25) is 0 Å². The summed E-state index contributed by atoms with van der Waals surface area (Å²) in [5.41, 5.74) is 1.34. The molecule has 2 aliphatic carbocycles. The number of nitrogens with zero attached hydrogens (tertiary/aromatic N) is 1. The van der Waals surface area contributed by atoms with Gasteiger partial charge >= 0.3 is 6.03 Å². The van der Waals surface area contributed by atoms with E-state index >= 15 is 0 Å². The molecular weight excluding hydrogens is 288 g/mol. The second-order valence-electron chi connectivity index (χ2n) is 7.22. The van der Waals surface area contributed by atoms with Crippen molar-refractivity contribution in [1.29, 1.82) is 0 Å². The van der Waals surface area contributed by atoms with E-state index in [2.05, 4.69) is 29.6 Å². The zero-order chi connectivity index (χ0) is 16.2. The van der Waals surface area contributed by atoms with Gasteiger partial charge in [-0.25, -0.2) is 4.79 Å². The number of rotatable bonds is 6. The molecule has 0 heterocycles. The molecule has 0 spiro atoms. The van der Waals surface area contributed by atoms with Crippen LogP contribution in [0.3, 0.4) is 0 Å². The predicted molar refractivity (Wildman–Crippen MR) is 91.2 cm³/mol. The van der Waals surface area contributed by atoms with Gasteiger partial charge in [0.1, 0.15) is 0 Å². The standard InChI is InChI=1S/C19H28N2O2/c1-21(13-18(22)15-10-11-15)19(23)20-17-9-5-8-16(17)12-14-6-3-2-4-7-14/h2-4,6-7,15-18,22H,5,8-13H2,1H3,(H,20,23). The van der Waals surface area contributed by atoms with Gasteiger partial charge < -0.3 is 15.3 Å². The Kier molecular flexibility index (Phi) is 5.21. The lowest BCUT2D eigenvalue weighted by Crippen LogP contribution is -2.47. The largest absolute Gasteiger partial charge is 0.391 e. The van der Waals surface area contributed by atoms with E-state index in [-0.39, 0.29) is 18.2 Å². The third-order valence-corrected chi connectivity index (χ3v) is 5.28. The minimum Gasteiger partial charge on any atom is -0.391 e. The van der Waals surface area contributed by atoms with Crippen LogP contribution in [0.4, 0.5) is 4.79 Å². The van der Waals surface area contributed by atoms with Crippen molar-refractivity contribution in [1.82, 2.24) is 10.2 Å². The van der Waals surface area contributed by atoms with Gasteiger partial charge in [-0.3, -0.25) is 0 Å². The number of hydrogen-bond donors (Lipinski definition) is 2. The molecule has 23 heavy (non-hydrogen) atoms. The molecule has 4 heteroatoms. The van der Waals surface area contributed by atoms with Crippen LogP contribution in [-0.4, -0.2) is 41.8 Å². The quantitative estimate of drug-likeness (QED) is 0.848. The lowest BCUT2D eigenvalue weighted by atomic mass is 9.95. The Labute approximate surface area is 138 Å². The number of benzene rings is 1. The Morgan fingerprint density at radius 1 is 1.26 bits per heavy atom. The molecule has 4 nitrogen and oxygen atoms in total. The summed E-state index contributed by atoms with van der Waals surface area (Å²) in [6.45, 7) is 0.437. The van der Waals surface area contributed by atoms with E-state index in [0.717, 1.165) is 25.7 Å². The number of carbonyl (C=O) groups excluding carboxylic acids is 1. The highest BCUT2D eigenvalue weighted by Crippen LogP contribution is 2.33. The number of aliphatic hydroxyl groups excluding tert-OH is 1. The van der Waals surface area contributed by atoms with Gasteiger partial charge in [-0.2, -0.15) is 0 Å². The Bertz CT molecular complexity index is 515. The summed E-state index contributed by atoms with van der Waals surface area (Å²) in [4.78, 5) is 14.0. The maximum atomic E-state index is 12.4. The van der Waals surface area contributed by atoms with Crippen LogP contribution >= 0.6 is 0 Å². The van der Waals surface area contributed by atoms with E-state index in [1.165, 1.54) is 18.4 Å². The lowest BCUT2D eigenvalue weighted by molar-refractivity contribution is 0.112. The van der Waals surface area contributed by atoms with E-state index in [1.807, 2.05) is 6.07 Å². The smallest absolute Gasteiger partial charge is 0.317 e. The lowest BCUT2D eigenvalue weighted by Gasteiger charge is -2.26. The number of hydrogen-bond acceptors (Lipinski definition) is 2. The van der Waals surface area contributed by atoms with Gasteiger partial charge in [0, 0.05) is 19.6 Å². The number of nitrogens with one attached hydrogen (secondary N) is 1. The fourth-order valence-electron chi connectivity index (χ4n) is 3.65. The van der Waals surface area contributed by atoms with E-state index in [4.69, 9.17) is 0 Å². The van der Waals surface area contributed by atoms with Gasteiger partial charge in [0.05, 0.1) is 6.10 Å². The van der Waals surface area contributed by atoms with Crippen LogP contribution in [0.25, 0.3) is 0 Å². The highest BCUT2D eigenvalue weighted by atomic mass is 16.3. The maximum Gasteiger partial charge on any atom is 0.317 e. The molecule has 2 saturated carbocycles. The van der Waals surface area contributed by atoms with Crippen molar-refractivity contribution in [2.45, 2.75) is 50.7 Å². The summed E-state index contributed by atoms with van der Waals surface area (Å²) in [6, 6.07) is 10.7. The molecule has 0 saturated heterocycles. The predicted octanol–water partition coefficient (Wildman–Crippen LogP) is 2.81. The number of urea groups is 1. The van der Waals surface area contributed by atoms with Crippen LogP contribution in [0.15, 0.2) is 30.3 Å². The molecule has 0 radical (unpaired) electrons. The Balaban J connectivity index is 1.50. The van der Waals surface area contributed by atoms with Gasteiger partial charge in [-0.05, 0) is 49.5 Å². The van der Waals surface area contributed by atoms with Crippen molar-refractivity contribution in [3.8, 4) is 0 Å². The summed E-state index contributed by atoms with van der Waals surface area (Å²) >= 11 is 0. The first-order valence-electron chi connectivity index (χ1n) is 8.87. The molecular formula is C19H28N2O2. The SMILES string of the molecule is CN(CC(O)C1CC1)C(=O)NC1CCCC1Cc1ccccc1. The van der Waals surface area contributed by atoms with Crippen molar-refractivity contribution in [3.63, 3.8) is 0 Å². The zero-order valence-electron chi connectivity index (χ0n) is 13.9. The first-order valence-corrected chi connectivity index (χ1v) is 8.87. The second-order valence-corrected chi connectivity index (χ2v) is 7.22. The molecule has 2 amide bonds. The van der Waals surface area contributed by atoms with E-state index < -0.39 is 0 Å². The van der Waals surface area contributed by atoms with Crippen molar-refractivity contribution in [2.24, 2.45) is 11.8 Å². The van der Waals surface area contributed by atoms with Crippen LogP contribution < -0.4 is 5.32 Å². The zero-order valence-corrected chi connectivity index (χ0v) is 13.9. The molecule has 1 aromatic rings. The summed E-state index contributed by atoms with van der Waals surface area (Å²) in [5.74, 6) is 0.922. The highest BCUT2D eigenvalue weighted by molar-refractivity contribution is 5.74. The van der Waals surface area contributed by atoms with Crippen molar-refractivity contribution >= 4 is 6.03 Å². The minimum atomic E-state index is -0.366. The van der Waals surface area contributed by atoms with Crippen molar-refractivity contribution < 1.29 is 9.90 Å². The van der Waals surface area contributed by atoms with E-state index in [1.54, 1.807) is 11.9 Å². The molecule has 0 aliphatic heterocycles. The van der Waals surface area contributed by atoms with Crippen LogP contribution in [0, 0.1) is 11.8 Å². The average Bonchev–Trinajstić information content (AvgIpc) is 3.32. The molecule has 3 atom stereocenters. The van der Waals surface area contributed by atoms with Crippen LogP contribution in [-0.2, 0) is 6.42 Å². The van der Waals surface area contributed by atoms with E-state index in [0.29, 0.717) is 18.4 Å². The Hall–Kier alpha value is -1.55. The number of likely N-dealkylation sites (N-methyl/N-ethyl adjacent to an activating group) is 1. The summed E-state index contributed by atoms with van der Waals surface area (Å²) < 4.78 is 0. The van der Waals surface area contributed by atoms with Gasteiger partial charge in [-0.15, -0.1) is 0 Å². The van der Waals surface area contributed by atoms with Crippen LogP contribution in [0.2, 0.25) is 0 Å². The molecule has 126 valence electrons. The van der Waals surface area contributed by atoms with E-state index in [9.17, 15) is 9.90 Å². The molecule has 3 rings (SSSR count). The topological polar surface area (TPSA) is 52.6 Å². The monoisotopic (exact) mass is 316 g/mol. The molecule has 1 aromatic carbocycles. The Morgan fingerprint density at radius 3 is 2.70 bits per heavy atom. The molecule has 0 bridgehead atoms. The first kappa shape index (κ1) is 16.3. The van der Waals surface area contributed by atoms with Gasteiger partial charge in [0.15, 0.2) is 0 Å². The molecule has 2 N–H and O–H groups in total. The van der Waals surface area contributed by atoms with Crippen molar-refractivity contribution in [3.05, 3.63) is 35.9 Å². The maximum absolute atomic E-state index is 12.4. The van der Waals surface area contributed by atoms with Crippen LogP contribution in [0.1, 0.15) is 37.7 Å². The Morgan fingerprint density at radius 2 is 2.00 bits per heavy atom. The molecule has 0 aromatic heterocycles. The normalized spacial score (nSPS) is 25.1. The number of amides is 2. The fraction of sp³-hybridized carbons (Fsp3) is 0.632. The molecule has 2 aliphatic rings. The summed E-state index contributed by atoms with van der Waals surface area (Å²) in [5, 5.41) is 13.2. The minimum absolute atomic E-state index is 0.0466. The fourth-order valence-corrected chi connectivity index (χ4v) is 3.65. The molecule has 3 unspecified atom stereocenters.